The first kappa shape index (κ1) is 124. The number of ether oxygens (including phenoxy) is 6. The zero-order valence-corrected chi connectivity index (χ0v) is 83.9. The molecule has 0 spiro atoms. The number of alkyl halides is 6. The molecule has 1 unspecified atom stereocenters. The third-order valence-electron chi connectivity index (χ3n) is 19.7. The Labute approximate surface area is 760 Å². The van der Waals surface area contributed by atoms with E-state index in [0.717, 1.165) is 132 Å². The Morgan fingerprint density at radius 2 is 0.378 bits per heavy atom. The topological polar surface area (TPSA) is 158 Å². The maximum Gasteiger partial charge on any atom is 0.338 e. The van der Waals surface area contributed by atoms with Crippen molar-refractivity contribution in [3.63, 3.8) is 0 Å². The van der Waals surface area contributed by atoms with E-state index in [0.29, 0.717) is 73.0 Å². The van der Waals surface area contributed by atoms with Crippen LogP contribution in [-0.2, 0) is 28.4 Å². The van der Waals surface area contributed by atoms with Gasteiger partial charge in [0.2, 0.25) is 0 Å². The third kappa shape index (κ3) is 61.1. The third-order valence-corrected chi connectivity index (χ3v) is 19.7. The number of esters is 6. The summed E-state index contributed by atoms with van der Waals surface area (Å²) in [6.07, 6.45) is 11.8. The second-order valence-electron chi connectivity index (χ2n) is 29.1. The molecule has 0 aliphatic heterocycles. The predicted molar refractivity (Wildman–Crippen MR) is 513 cm³/mol. The van der Waals surface area contributed by atoms with Gasteiger partial charge in [0.15, 0.2) is 0 Å². The van der Waals surface area contributed by atoms with Gasteiger partial charge in [0.25, 0.3) is 0 Å². The molecule has 678 valence electrons. The van der Waals surface area contributed by atoms with Crippen LogP contribution in [-0.4, -0.2) is 300 Å². The molecule has 0 amide bonds. The van der Waals surface area contributed by atoms with Gasteiger partial charge in [0, 0.05) is 25.5 Å². The lowest BCUT2D eigenvalue weighted by atomic mass is 10.2. The van der Waals surface area contributed by atoms with Crippen LogP contribution in [0.15, 0.2) is 182 Å². The summed E-state index contributed by atoms with van der Waals surface area (Å²) in [4.78, 5) is 70.4. The molecular formula is C95H160Br2Cl4N6O12+6. The molecule has 18 nitrogen and oxygen atoms in total. The Kier molecular flexibility index (Phi) is 83.7. The SMILES string of the molecule is CBr.CBr.CCCC[N+](CC)(CCC)CCOC(=O)c1ccccc1.CCC[N+](CC)(CCC)CCOC(=O)c1ccccc1.CC[N+](CC)(CC)CCOC(=O)c1ccccc1.CC[N+](CC)(CC)CCOC(=O)c1ccccc1.CCl.CCl.CCl.CCl.C[N+](C)(C)CCOC(=O)c1ccccc1.C[N+](C)(C)CCOC(=O)c1ccccc1. The Bertz CT molecular complexity index is 3150. The van der Waals surface area contributed by atoms with E-state index < -0.39 is 0 Å². The monoisotopic (exact) mass is 1870 g/mol. The molecule has 0 N–H and O–H groups in total. The number of nitrogens with zero attached hydrogens (tertiary/aromatic N) is 6. The zero-order chi connectivity index (χ0) is 91.9. The van der Waals surface area contributed by atoms with Crippen molar-refractivity contribution in [3.8, 4) is 0 Å². The molecule has 0 aliphatic carbocycles. The minimum absolute atomic E-state index is 0.211. The van der Waals surface area contributed by atoms with Crippen molar-refractivity contribution in [2.75, 3.05) is 237 Å². The lowest BCUT2D eigenvalue weighted by molar-refractivity contribution is -0.926. The van der Waals surface area contributed by atoms with Crippen molar-refractivity contribution in [2.24, 2.45) is 0 Å². The van der Waals surface area contributed by atoms with Crippen LogP contribution in [0.1, 0.15) is 177 Å². The highest BCUT2D eigenvalue weighted by atomic mass is 79.9. The van der Waals surface area contributed by atoms with Crippen molar-refractivity contribution < 1.29 is 84.1 Å². The quantitative estimate of drug-likeness (QED) is 0.0155. The Morgan fingerprint density at radius 1 is 0.227 bits per heavy atom. The summed E-state index contributed by atoms with van der Waals surface area (Å²) < 4.78 is 37.6. The molecule has 0 aliphatic rings. The molecule has 0 saturated heterocycles. The van der Waals surface area contributed by atoms with Gasteiger partial charge in [-0.05, 0) is 166 Å². The van der Waals surface area contributed by atoms with Crippen LogP contribution in [0.4, 0.5) is 0 Å². The number of rotatable bonds is 41. The van der Waals surface area contributed by atoms with E-state index in [2.05, 4.69) is 204 Å². The first-order valence-electron chi connectivity index (χ1n) is 41.8. The van der Waals surface area contributed by atoms with Crippen LogP contribution < -0.4 is 0 Å². The molecule has 0 bridgehead atoms. The van der Waals surface area contributed by atoms with Crippen LogP contribution in [0.2, 0.25) is 0 Å². The molecule has 0 radical (unpaired) electrons. The number of quaternary nitrogens is 6. The molecule has 6 rings (SSSR count). The van der Waals surface area contributed by atoms with Gasteiger partial charge in [-0.2, -0.15) is 0 Å². The Morgan fingerprint density at radius 3 is 0.521 bits per heavy atom. The largest absolute Gasteiger partial charge is 0.456 e. The maximum atomic E-state index is 12.0. The maximum absolute atomic E-state index is 12.0. The highest BCUT2D eigenvalue weighted by Gasteiger charge is 2.27. The fourth-order valence-corrected chi connectivity index (χ4v) is 11.9. The van der Waals surface area contributed by atoms with Crippen molar-refractivity contribution >= 4 is 114 Å². The number of halogens is 6. The van der Waals surface area contributed by atoms with Crippen LogP contribution in [0, 0.1) is 0 Å². The highest BCUT2D eigenvalue weighted by Crippen LogP contribution is 2.15. The molecular weight excluding hydrogens is 1720 g/mol. The molecule has 0 heterocycles. The van der Waals surface area contributed by atoms with E-state index in [1.165, 1.54) is 70.7 Å². The first-order chi connectivity index (χ1) is 57.2. The molecule has 6 aromatic rings. The lowest BCUT2D eigenvalue weighted by Crippen LogP contribution is -2.51. The van der Waals surface area contributed by atoms with Gasteiger partial charge in [0.05, 0.1) is 154 Å². The molecule has 119 heavy (non-hydrogen) atoms. The van der Waals surface area contributed by atoms with Crippen molar-refractivity contribution in [1.82, 2.24) is 0 Å². The van der Waals surface area contributed by atoms with Crippen LogP contribution in [0.3, 0.4) is 0 Å². The summed E-state index contributed by atoms with van der Waals surface area (Å²) >= 11 is 24.4. The minimum atomic E-state index is -0.246. The smallest absolute Gasteiger partial charge is 0.338 e. The number of hydrogen-bond donors (Lipinski definition) is 0. The first-order valence-corrected chi connectivity index (χ1v) is 48.0. The highest BCUT2D eigenvalue weighted by molar-refractivity contribution is 9.09. The van der Waals surface area contributed by atoms with Gasteiger partial charge >= 0.3 is 35.8 Å². The molecule has 1 atom stereocenters. The van der Waals surface area contributed by atoms with Gasteiger partial charge in [0.1, 0.15) is 78.9 Å². The van der Waals surface area contributed by atoms with E-state index in [-0.39, 0.29) is 35.8 Å². The van der Waals surface area contributed by atoms with E-state index in [4.69, 9.17) is 28.4 Å². The Balaban J connectivity index is -0.000000314. The van der Waals surface area contributed by atoms with Crippen molar-refractivity contribution in [2.45, 2.75) is 115 Å². The van der Waals surface area contributed by atoms with Gasteiger partial charge < -0.3 is 55.3 Å². The lowest BCUT2D eigenvalue weighted by Gasteiger charge is -2.37. The number of likely N-dealkylation sites (N-methyl/N-ethyl adjacent to an activating group) is 6. The van der Waals surface area contributed by atoms with E-state index in [1.54, 1.807) is 72.8 Å². The van der Waals surface area contributed by atoms with Gasteiger partial charge in [-0.1, -0.05) is 175 Å². The summed E-state index contributed by atoms with van der Waals surface area (Å²) in [6.45, 7) is 48.0. The second kappa shape index (κ2) is 80.4. The normalized spacial score (nSPS) is 10.8. The van der Waals surface area contributed by atoms with Gasteiger partial charge in [-0.3, -0.25) is 0 Å². The van der Waals surface area contributed by atoms with Crippen LogP contribution in [0.5, 0.6) is 0 Å². The van der Waals surface area contributed by atoms with Gasteiger partial charge in [-0.25, -0.2) is 28.8 Å². The summed E-state index contributed by atoms with van der Waals surface area (Å²) in [5.41, 5.74) is 3.74. The number of carbonyl (C=O) groups is 6. The zero-order valence-electron chi connectivity index (χ0n) is 77.7. The number of hydrogen-bond acceptors (Lipinski definition) is 12. The van der Waals surface area contributed by atoms with Crippen molar-refractivity contribution in [1.29, 1.82) is 0 Å². The molecule has 0 aromatic heterocycles. The Hall–Kier alpha value is -5.98. The average molecular weight is 1880 g/mol. The second-order valence-corrected chi connectivity index (χ2v) is 29.1. The summed E-state index contributed by atoms with van der Waals surface area (Å²) in [5, 5.41) is 0. The van der Waals surface area contributed by atoms with Crippen LogP contribution >= 0.6 is 78.3 Å². The van der Waals surface area contributed by atoms with E-state index >= 15 is 0 Å². The van der Waals surface area contributed by atoms with E-state index in [1.807, 2.05) is 121 Å². The minimum Gasteiger partial charge on any atom is -0.456 e. The summed E-state index contributed by atoms with van der Waals surface area (Å²) in [7, 11) is 12.4. The summed E-state index contributed by atoms with van der Waals surface area (Å²) in [6, 6.07) is 54.8. The fourth-order valence-electron chi connectivity index (χ4n) is 11.9. The molecule has 0 saturated carbocycles. The van der Waals surface area contributed by atoms with Crippen LogP contribution in [0.25, 0.3) is 0 Å². The fraction of sp³-hybridized carbons (Fsp3) is 0.558. The number of unbranched alkanes of at least 4 members (excludes halogenated alkanes) is 1. The molecule has 24 heteroatoms. The molecule has 0 fully saturated rings. The molecule has 6 aromatic carbocycles. The average Bonchev–Trinajstić information content (AvgIpc) is 0.873. The number of benzene rings is 6. The van der Waals surface area contributed by atoms with Crippen molar-refractivity contribution in [3.05, 3.63) is 215 Å². The standard InChI is InChI=1S/C18H30NO2.C17H28NO2.2C15H24NO2.2C12H18NO2.2CH3Br.4CH3Cl/c1-4-7-14-19(6-3,13-5-2)15-16-21-18(20)17-11-9-8-10-12-17;1-4-12-18(6-3,13-5-2)14-15-20-17(19)16-10-8-7-9-11-16;2*1-4-16(5-2,6-3)12-13-18-15(17)14-10-8-7-9-11-14;2*1-13(2,3)9-10-15-12(14)11-7-5-4-6-8-11;6*1-2/h8-12H,4-7,13-16H2,1-3H3;7-11H,4-6,12-15H2,1-3H3;2*7-11H,4-6,12-13H2,1-3H3;2*4-8H,9-10H2,1-3H3;6*1H3/q6*+1;;;;;;. The van der Waals surface area contributed by atoms with E-state index in [9.17, 15) is 28.8 Å². The number of carbonyl (C=O) groups excluding carboxylic acids is 6. The predicted octanol–water partition coefficient (Wildman–Crippen LogP) is 21.4. The summed E-state index contributed by atoms with van der Waals surface area (Å²) in [5.74, 6) is 2.26. The van der Waals surface area contributed by atoms with Gasteiger partial charge in [-0.15, -0.1) is 46.4 Å².